The lowest BCUT2D eigenvalue weighted by Gasteiger charge is -2.34. The predicted octanol–water partition coefficient (Wildman–Crippen LogP) is 4.03. The number of ether oxygens (including phenoxy) is 1. The number of phenols is 1. The van der Waals surface area contributed by atoms with Crippen molar-refractivity contribution in [2.24, 2.45) is 0 Å². The van der Waals surface area contributed by atoms with Crippen LogP contribution in [-0.2, 0) is 29.0 Å². The Morgan fingerprint density at radius 3 is 2.83 bits per heavy atom. The van der Waals surface area contributed by atoms with Gasteiger partial charge in [0.2, 0.25) is 11.9 Å². The molecule has 1 saturated heterocycles. The van der Waals surface area contributed by atoms with Crippen LogP contribution in [0.15, 0.2) is 29.2 Å². The fourth-order valence-corrected chi connectivity index (χ4v) is 5.84. The van der Waals surface area contributed by atoms with Crippen molar-refractivity contribution < 1.29 is 23.8 Å². The molecule has 6 rings (SSSR count). The molecule has 0 spiro atoms. The van der Waals surface area contributed by atoms with E-state index in [4.69, 9.17) is 32.9 Å². The molecular weight excluding hydrogens is 590 g/mol. The van der Waals surface area contributed by atoms with Crippen molar-refractivity contribution in [3.63, 3.8) is 0 Å². The molecule has 42 heavy (non-hydrogen) atoms. The van der Waals surface area contributed by atoms with Crippen LogP contribution < -0.4 is 15.8 Å². The van der Waals surface area contributed by atoms with E-state index in [0.717, 1.165) is 6.42 Å². The van der Waals surface area contributed by atoms with Crippen LogP contribution in [0.4, 0.5) is 15.9 Å². The quantitative estimate of drug-likeness (QED) is 0.246. The molecule has 1 amide bonds. The number of carbonyl (C=O) groups is 2. The van der Waals surface area contributed by atoms with Gasteiger partial charge in [0.25, 0.3) is 5.56 Å². The lowest BCUT2D eigenvalue weighted by Crippen LogP contribution is -2.44. The fourth-order valence-electron chi connectivity index (χ4n) is 5.47. The number of phenolic OH excluding ortho intramolecular Hbond substituents is 1. The number of aromatic nitrogens is 4. The highest BCUT2D eigenvalue weighted by Crippen LogP contribution is 2.36. The Bertz CT molecular complexity index is 1820. The summed E-state index contributed by atoms with van der Waals surface area (Å²) < 4.78 is 23.3. The van der Waals surface area contributed by atoms with Gasteiger partial charge in [-0.05, 0) is 31.0 Å². The molecule has 0 saturated carbocycles. The number of carbonyl (C=O) groups excluding carboxylic acids is 2. The number of anilines is 2. The third-order valence-electron chi connectivity index (χ3n) is 7.52. The number of nitrogens with zero attached hydrogens (tertiary/aromatic N) is 5. The molecule has 0 radical (unpaired) electrons. The summed E-state index contributed by atoms with van der Waals surface area (Å²) in [6.45, 7) is 3.55. The van der Waals surface area contributed by atoms with Gasteiger partial charge in [-0.1, -0.05) is 23.2 Å². The van der Waals surface area contributed by atoms with Crippen LogP contribution >= 0.6 is 23.2 Å². The molecule has 3 aromatic heterocycles. The van der Waals surface area contributed by atoms with Crippen molar-refractivity contribution in [1.82, 2.24) is 19.1 Å². The first kappa shape index (κ1) is 28.1. The Hall–Kier alpha value is -4.00. The van der Waals surface area contributed by atoms with E-state index >= 15 is 0 Å². The van der Waals surface area contributed by atoms with Gasteiger partial charge in [-0.3, -0.25) is 19.0 Å². The Balaban J connectivity index is 1.39. The standard InChI is InChI=1S/C28H25Cl2FN6O5/c1-14-13-42-6-5-36(14)21-9-19(24(30)26(31)33-21)32-22(39)11-35-10-17(15-7-16(12-38)25(40)18(29)8-15)23-27(35)34-20-3-2-4-37(20)28(23)41/h7-10,12,14,40H,2-6,11,13H2,1H3,(H,32,33,39). The zero-order valence-corrected chi connectivity index (χ0v) is 23.9. The van der Waals surface area contributed by atoms with Crippen LogP contribution in [0.1, 0.15) is 29.5 Å². The number of pyridine rings is 1. The first-order valence-corrected chi connectivity index (χ1v) is 14.0. The van der Waals surface area contributed by atoms with E-state index in [9.17, 15) is 23.9 Å². The average molecular weight is 615 g/mol. The van der Waals surface area contributed by atoms with E-state index in [1.165, 1.54) is 22.8 Å². The van der Waals surface area contributed by atoms with Gasteiger partial charge in [-0.25, -0.2) is 9.97 Å². The Kier molecular flexibility index (Phi) is 7.37. The summed E-state index contributed by atoms with van der Waals surface area (Å²) in [6, 6.07) is 4.31. The highest BCUT2D eigenvalue weighted by atomic mass is 35.5. The zero-order valence-electron chi connectivity index (χ0n) is 22.4. The molecule has 2 aliphatic rings. The van der Waals surface area contributed by atoms with Crippen molar-refractivity contribution in [3.05, 3.63) is 62.1 Å². The van der Waals surface area contributed by atoms with Crippen LogP contribution in [0.5, 0.6) is 5.75 Å². The molecule has 0 bridgehead atoms. The second-order valence-electron chi connectivity index (χ2n) is 10.3. The molecule has 2 aliphatic heterocycles. The minimum atomic E-state index is -0.919. The topological polar surface area (TPSA) is 132 Å². The van der Waals surface area contributed by atoms with Gasteiger partial charge < -0.3 is 24.6 Å². The van der Waals surface area contributed by atoms with Crippen LogP contribution in [0.25, 0.3) is 22.2 Å². The maximum Gasteiger partial charge on any atom is 0.263 e. The van der Waals surface area contributed by atoms with Crippen molar-refractivity contribution in [2.45, 2.75) is 38.9 Å². The van der Waals surface area contributed by atoms with Crippen LogP contribution in [0.2, 0.25) is 10.0 Å². The molecule has 1 fully saturated rings. The minimum absolute atomic E-state index is 0.0504. The third kappa shape index (κ3) is 4.89. The van der Waals surface area contributed by atoms with E-state index in [0.29, 0.717) is 61.8 Å². The SMILES string of the molecule is CC1COCCN1c1cc(NC(=O)Cn2cc(-c3cc(Cl)c(O)c(C=O)c3)c3c(=O)n4c(nc32)CCC4)c(Cl)c(F)n1. The number of morpholine rings is 1. The number of aryl methyl sites for hydroxylation is 1. The number of hydrogen-bond acceptors (Lipinski definition) is 8. The monoisotopic (exact) mass is 614 g/mol. The predicted molar refractivity (Wildman–Crippen MR) is 155 cm³/mol. The number of fused-ring (bicyclic) bond motifs is 2. The van der Waals surface area contributed by atoms with Gasteiger partial charge in [0.15, 0.2) is 6.29 Å². The molecule has 14 heteroatoms. The number of rotatable bonds is 6. The van der Waals surface area contributed by atoms with Gasteiger partial charge >= 0.3 is 0 Å². The van der Waals surface area contributed by atoms with Gasteiger partial charge in [-0.2, -0.15) is 4.39 Å². The highest BCUT2D eigenvalue weighted by Gasteiger charge is 2.26. The maximum atomic E-state index is 14.7. The normalized spacial score (nSPS) is 16.6. The lowest BCUT2D eigenvalue weighted by atomic mass is 10.0. The number of halogens is 3. The van der Waals surface area contributed by atoms with Crippen molar-refractivity contribution in [1.29, 1.82) is 0 Å². The summed E-state index contributed by atoms with van der Waals surface area (Å²) in [5.41, 5.74) is 0.760. The second kappa shape index (κ2) is 11.0. The van der Waals surface area contributed by atoms with Crippen LogP contribution in [0, 0.1) is 5.95 Å². The van der Waals surface area contributed by atoms with Gasteiger partial charge in [0.1, 0.15) is 34.6 Å². The molecule has 218 valence electrons. The van der Waals surface area contributed by atoms with Gasteiger partial charge in [0, 0.05) is 37.3 Å². The van der Waals surface area contributed by atoms with E-state index in [1.807, 2.05) is 11.8 Å². The number of aldehydes is 1. The summed E-state index contributed by atoms with van der Waals surface area (Å²) in [6.07, 6.45) is 3.39. The van der Waals surface area contributed by atoms with Crippen molar-refractivity contribution in [2.75, 3.05) is 30.0 Å². The summed E-state index contributed by atoms with van der Waals surface area (Å²) in [7, 11) is 0. The summed E-state index contributed by atoms with van der Waals surface area (Å²) >= 11 is 12.4. The Labute approximate surface area is 248 Å². The van der Waals surface area contributed by atoms with E-state index in [2.05, 4.69) is 10.3 Å². The van der Waals surface area contributed by atoms with Crippen LogP contribution in [-0.4, -0.2) is 62.2 Å². The van der Waals surface area contributed by atoms with Crippen molar-refractivity contribution in [3.8, 4) is 16.9 Å². The largest absolute Gasteiger partial charge is 0.506 e. The fraction of sp³-hybridized carbons (Fsp3) is 0.321. The molecule has 1 aromatic carbocycles. The number of nitrogens with one attached hydrogen (secondary N) is 1. The molecule has 1 atom stereocenters. The number of hydrogen-bond donors (Lipinski definition) is 2. The maximum absolute atomic E-state index is 14.7. The van der Waals surface area contributed by atoms with Gasteiger partial charge in [-0.15, -0.1) is 0 Å². The molecule has 2 N–H and O–H groups in total. The van der Waals surface area contributed by atoms with E-state index < -0.39 is 11.9 Å². The summed E-state index contributed by atoms with van der Waals surface area (Å²) in [4.78, 5) is 49.0. The number of aromatic hydroxyl groups is 1. The minimum Gasteiger partial charge on any atom is -0.506 e. The van der Waals surface area contributed by atoms with Gasteiger partial charge in [0.05, 0.1) is 40.9 Å². The first-order chi connectivity index (χ1) is 20.2. The molecular formula is C28H25Cl2FN6O5. The third-order valence-corrected chi connectivity index (χ3v) is 8.17. The molecule has 0 aliphatic carbocycles. The molecule has 4 aromatic rings. The van der Waals surface area contributed by atoms with Crippen molar-refractivity contribution >= 4 is 57.9 Å². The van der Waals surface area contributed by atoms with Crippen LogP contribution in [0.3, 0.4) is 0 Å². The number of benzene rings is 1. The first-order valence-electron chi connectivity index (χ1n) is 13.3. The average Bonchev–Trinajstić information content (AvgIpc) is 3.58. The molecule has 1 unspecified atom stereocenters. The highest BCUT2D eigenvalue weighted by molar-refractivity contribution is 6.34. The summed E-state index contributed by atoms with van der Waals surface area (Å²) in [5, 5.41) is 12.6. The smallest absolute Gasteiger partial charge is 0.263 e. The molecule has 11 nitrogen and oxygen atoms in total. The van der Waals surface area contributed by atoms with E-state index in [1.54, 1.807) is 10.8 Å². The second-order valence-corrected chi connectivity index (χ2v) is 11.1. The Morgan fingerprint density at radius 1 is 1.26 bits per heavy atom. The van der Waals surface area contributed by atoms with E-state index in [-0.39, 0.29) is 56.2 Å². The molecule has 5 heterocycles. The zero-order chi connectivity index (χ0) is 29.7. The lowest BCUT2D eigenvalue weighted by molar-refractivity contribution is -0.116. The summed E-state index contributed by atoms with van der Waals surface area (Å²) in [5.74, 6) is -0.928. The number of amides is 1. The Morgan fingerprint density at radius 2 is 2.07 bits per heavy atom.